The van der Waals surface area contributed by atoms with E-state index < -0.39 is 0 Å². The minimum Gasteiger partial charge on any atom is -0.352 e. The highest BCUT2D eigenvalue weighted by Gasteiger charge is 2.32. The molecular weight excluding hydrogens is 436 g/mol. The molecule has 1 saturated carbocycles. The van der Waals surface area contributed by atoms with Crippen molar-refractivity contribution in [2.45, 2.75) is 64.0 Å². The zero-order chi connectivity index (χ0) is 21.2. The fourth-order valence-corrected chi connectivity index (χ4v) is 6.64. The number of amides is 1. The third kappa shape index (κ3) is 4.88. The number of nitrogens with zero attached hydrogens (tertiary/aromatic N) is 1. The van der Waals surface area contributed by atoms with Crippen molar-refractivity contribution in [1.29, 1.82) is 0 Å². The number of likely N-dealkylation sites (tertiary alicyclic amines) is 1. The lowest BCUT2D eigenvalue weighted by molar-refractivity contribution is -0.121. The number of rotatable bonds is 5. The van der Waals surface area contributed by atoms with E-state index in [1.807, 2.05) is 11.3 Å². The molecule has 5 heteroatoms. The maximum absolute atomic E-state index is 13.0. The Bertz CT molecular complexity index is 1060. The highest BCUT2D eigenvalue weighted by atomic mass is 35.5. The van der Waals surface area contributed by atoms with Crippen molar-refractivity contribution in [3.8, 4) is 11.1 Å². The smallest absolute Gasteiger partial charge is 0.224 e. The molecule has 2 unspecified atom stereocenters. The average Bonchev–Trinajstić information content (AvgIpc) is 3.42. The lowest BCUT2D eigenvalue weighted by atomic mass is 9.89. The van der Waals surface area contributed by atoms with E-state index in [0.717, 1.165) is 12.0 Å². The van der Waals surface area contributed by atoms with Crippen molar-refractivity contribution < 1.29 is 4.79 Å². The third-order valence-electron chi connectivity index (χ3n) is 7.04. The maximum atomic E-state index is 13.0. The monoisotopic (exact) mass is 468 g/mol. The number of hydrogen-bond acceptors (Lipinski definition) is 3. The van der Waals surface area contributed by atoms with Crippen LogP contribution in [-0.4, -0.2) is 36.0 Å². The Hall–Kier alpha value is -1.88. The van der Waals surface area contributed by atoms with Gasteiger partial charge in [-0.15, -0.1) is 23.7 Å². The van der Waals surface area contributed by atoms with Gasteiger partial charge in [0.25, 0.3) is 0 Å². The molecule has 1 N–H and O–H groups in total. The number of hydrogen-bond donors (Lipinski definition) is 1. The van der Waals surface area contributed by atoms with Crippen molar-refractivity contribution >= 4 is 39.7 Å². The summed E-state index contributed by atoms with van der Waals surface area (Å²) in [5.41, 5.74) is 3.67. The normalized spacial score (nSPS) is 21.4. The first-order chi connectivity index (χ1) is 15.2. The lowest BCUT2D eigenvalue weighted by Crippen LogP contribution is -2.52. The Morgan fingerprint density at radius 3 is 2.56 bits per heavy atom. The Kier molecular flexibility index (Phi) is 7.55. The fourth-order valence-electron chi connectivity index (χ4n) is 5.57. The predicted molar refractivity (Wildman–Crippen MR) is 138 cm³/mol. The Labute approximate surface area is 201 Å². The van der Waals surface area contributed by atoms with E-state index in [0.29, 0.717) is 18.5 Å². The van der Waals surface area contributed by atoms with Crippen LogP contribution in [0.15, 0.2) is 48.5 Å². The number of aryl methyl sites for hydroxylation is 1. The number of halogens is 1. The molecule has 1 aliphatic heterocycles. The molecule has 3 nitrogen and oxygen atoms in total. The van der Waals surface area contributed by atoms with Gasteiger partial charge in [-0.1, -0.05) is 49.2 Å². The summed E-state index contributed by atoms with van der Waals surface area (Å²) in [5.74, 6) is 0.170. The Balaban J connectivity index is 0.00000245. The third-order valence-corrected chi connectivity index (χ3v) is 8.13. The van der Waals surface area contributed by atoms with Crippen LogP contribution in [0.4, 0.5) is 0 Å². The molecule has 3 aromatic rings. The molecule has 1 saturated heterocycles. The van der Waals surface area contributed by atoms with Gasteiger partial charge in [0.15, 0.2) is 0 Å². The largest absolute Gasteiger partial charge is 0.352 e. The van der Waals surface area contributed by atoms with Gasteiger partial charge in [-0.05, 0) is 69.0 Å². The minimum absolute atomic E-state index is 0. The van der Waals surface area contributed by atoms with Gasteiger partial charge in [0, 0.05) is 32.6 Å². The van der Waals surface area contributed by atoms with Crippen molar-refractivity contribution in [3.63, 3.8) is 0 Å². The lowest BCUT2D eigenvalue weighted by Gasteiger charge is -2.38. The SMILES string of the molecule is Cc1sc2ccc(CC(=O)NC3CCCCC3N3CCCC3)cc2c1-c1ccccc1.Cl. The van der Waals surface area contributed by atoms with Gasteiger partial charge in [-0.25, -0.2) is 0 Å². The summed E-state index contributed by atoms with van der Waals surface area (Å²) in [5, 5.41) is 4.69. The second kappa shape index (κ2) is 10.4. The van der Waals surface area contributed by atoms with Crippen LogP contribution >= 0.6 is 23.7 Å². The van der Waals surface area contributed by atoms with Gasteiger partial charge in [-0.2, -0.15) is 0 Å². The molecular formula is C27H33ClN2OS. The molecule has 170 valence electrons. The van der Waals surface area contributed by atoms with E-state index in [2.05, 4.69) is 65.7 Å². The molecule has 0 radical (unpaired) electrons. The first kappa shape index (κ1) is 23.3. The van der Waals surface area contributed by atoms with E-state index in [1.54, 1.807) is 0 Å². The van der Waals surface area contributed by atoms with E-state index in [9.17, 15) is 4.79 Å². The minimum atomic E-state index is 0. The summed E-state index contributed by atoms with van der Waals surface area (Å²) in [6, 6.07) is 18.0. The maximum Gasteiger partial charge on any atom is 0.224 e. The summed E-state index contributed by atoms with van der Waals surface area (Å²) in [4.78, 5) is 17.0. The summed E-state index contributed by atoms with van der Waals surface area (Å²) < 4.78 is 1.29. The van der Waals surface area contributed by atoms with Gasteiger partial charge < -0.3 is 5.32 Å². The van der Waals surface area contributed by atoms with E-state index >= 15 is 0 Å². The van der Waals surface area contributed by atoms with Crippen LogP contribution < -0.4 is 5.32 Å². The van der Waals surface area contributed by atoms with Crippen LogP contribution in [-0.2, 0) is 11.2 Å². The van der Waals surface area contributed by atoms with Crippen LogP contribution in [0.5, 0.6) is 0 Å². The number of thiophene rings is 1. The topological polar surface area (TPSA) is 32.3 Å². The number of benzene rings is 2. The molecule has 1 aromatic heterocycles. The van der Waals surface area contributed by atoms with Crippen LogP contribution in [0.2, 0.25) is 0 Å². The number of carbonyl (C=O) groups excluding carboxylic acids is 1. The van der Waals surface area contributed by atoms with Crippen LogP contribution in [0.3, 0.4) is 0 Å². The van der Waals surface area contributed by atoms with Crippen molar-refractivity contribution in [1.82, 2.24) is 10.2 Å². The Morgan fingerprint density at radius 2 is 1.78 bits per heavy atom. The molecule has 2 fully saturated rings. The van der Waals surface area contributed by atoms with Gasteiger partial charge in [0.1, 0.15) is 0 Å². The standard InChI is InChI=1S/C27H32N2OS.ClH/c1-19-27(21-9-3-2-4-10-21)22-17-20(13-14-25(22)31-19)18-26(30)28-23-11-5-6-12-24(23)29-15-7-8-16-29;/h2-4,9-10,13-14,17,23-24H,5-8,11-12,15-16,18H2,1H3,(H,28,30);1H. The molecule has 0 spiro atoms. The van der Waals surface area contributed by atoms with Crippen molar-refractivity contribution in [3.05, 3.63) is 59.0 Å². The fraction of sp³-hybridized carbons (Fsp3) is 0.444. The van der Waals surface area contributed by atoms with Gasteiger partial charge in [0.05, 0.1) is 6.42 Å². The average molecular weight is 469 g/mol. The molecule has 32 heavy (non-hydrogen) atoms. The van der Waals surface area contributed by atoms with E-state index in [4.69, 9.17) is 0 Å². The molecule has 2 aromatic carbocycles. The van der Waals surface area contributed by atoms with Gasteiger partial charge in [0.2, 0.25) is 5.91 Å². The first-order valence-corrected chi connectivity index (χ1v) is 12.6. The van der Waals surface area contributed by atoms with E-state index in [-0.39, 0.29) is 18.3 Å². The quantitative estimate of drug-likeness (QED) is 0.472. The summed E-state index contributed by atoms with van der Waals surface area (Å²) >= 11 is 1.84. The molecule has 0 bridgehead atoms. The molecule has 2 heterocycles. The second-order valence-electron chi connectivity index (χ2n) is 9.18. The molecule has 2 aliphatic rings. The molecule has 1 aliphatic carbocycles. The summed E-state index contributed by atoms with van der Waals surface area (Å²) in [6.45, 7) is 4.60. The zero-order valence-electron chi connectivity index (χ0n) is 18.8. The predicted octanol–water partition coefficient (Wildman–Crippen LogP) is 6.36. The highest BCUT2D eigenvalue weighted by Crippen LogP contribution is 2.38. The van der Waals surface area contributed by atoms with Crippen molar-refractivity contribution in [2.24, 2.45) is 0 Å². The van der Waals surface area contributed by atoms with Gasteiger partial charge >= 0.3 is 0 Å². The zero-order valence-corrected chi connectivity index (χ0v) is 20.4. The summed E-state index contributed by atoms with van der Waals surface area (Å²) in [7, 11) is 0. The van der Waals surface area contributed by atoms with Crippen LogP contribution in [0.25, 0.3) is 21.2 Å². The Morgan fingerprint density at radius 1 is 1.03 bits per heavy atom. The highest BCUT2D eigenvalue weighted by molar-refractivity contribution is 7.19. The number of nitrogens with one attached hydrogen (secondary N) is 1. The number of fused-ring (bicyclic) bond motifs is 1. The molecule has 2 atom stereocenters. The second-order valence-corrected chi connectivity index (χ2v) is 10.4. The molecule has 1 amide bonds. The van der Waals surface area contributed by atoms with Crippen molar-refractivity contribution in [2.75, 3.05) is 13.1 Å². The summed E-state index contributed by atoms with van der Waals surface area (Å²) in [6.07, 6.45) is 7.95. The molecule has 5 rings (SSSR count). The van der Waals surface area contributed by atoms with Crippen LogP contribution in [0, 0.1) is 6.92 Å². The number of carbonyl (C=O) groups is 1. The van der Waals surface area contributed by atoms with Gasteiger partial charge in [-0.3, -0.25) is 9.69 Å². The first-order valence-electron chi connectivity index (χ1n) is 11.8. The van der Waals surface area contributed by atoms with E-state index in [1.165, 1.54) is 71.3 Å². The van der Waals surface area contributed by atoms with Crippen LogP contribution in [0.1, 0.15) is 49.0 Å².